The fraction of sp³-hybridized carbons (Fsp3) is 0.533. The number of hydrogen-bond donors (Lipinski definition) is 1. The number of nitrogens with zero attached hydrogens (tertiary/aromatic N) is 1. The maximum absolute atomic E-state index is 12.1. The molecule has 2 fully saturated rings. The summed E-state index contributed by atoms with van der Waals surface area (Å²) in [5.41, 5.74) is 6.67. The lowest BCUT2D eigenvalue weighted by Crippen LogP contribution is -2.78. The second kappa shape index (κ2) is 4.12. The third kappa shape index (κ3) is 1.93. The minimum absolute atomic E-state index is 0.0703. The molecule has 5 nitrogen and oxygen atoms in total. The molecule has 0 radical (unpaired) electrons. The zero-order chi connectivity index (χ0) is 14.5. The van der Waals surface area contributed by atoms with Crippen LogP contribution < -0.4 is 5.73 Å². The van der Waals surface area contributed by atoms with E-state index in [0.29, 0.717) is 13.2 Å². The Morgan fingerprint density at radius 1 is 1.40 bits per heavy atom. The summed E-state index contributed by atoms with van der Waals surface area (Å²) in [5.74, 6) is 0. The Morgan fingerprint density at radius 3 is 2.50 bits per heavy atom. The second-order valence-corrected chi connectivity index (χ2v) is 6.45. The summed E-state index contributed by atoms with van der Waals surface area (Å²) in [6.45, 7) is 6.71. The van der Waals surface area contributed by atoms with E-state index in [2.05, 4.69) is 0 Å². The normalized spacial score (nSPS) is 28.1. The van der Waals surface area contributed by atoms with Crippen LogP contribution in [-0.4, -0.2) is 35.8 Å². The topological polar surface area (TPSA) is 64.8 Å². The van der Waals surface area contributed by atoms with Crippen molar-refractivity contribution in [2.75, 3.05) is 18.9 Å². The second-order valence-electron chi connectivity index (χ2n) is 6.45. The van der Waals surface area contributed by atoms with Crippen molar-refractivity contribution >= 4 is 11.8 Å². The number of likely N-dealkylation sites (tertiary alicyclic amines) is 1. The number of anilines is 1. The van der Waals surface area contributed by atoms with Crippen molar-refractivity contribution in [1.82, 2.24) is 4.90 Å². The summed E-state index contributed by atoms with van der Waals surface area (Å²) >= 11 is 0. The SMILES string of the molecule is CC(C)(C)OC(=O)N1C[C@@]2(c3ccc(N)cc3)OCC12. The van der Waals surface area contributed by atoms with Gasteiger partial charge in [0.1, 0.15) is 11.2 Å². The first kappa shape index (κ1) is 13.2. The van der Waals surface area contributed by atoms with Crippen molar-refractivity contribution in [2.24, 2.45) is 0 Å². The Morgan fingerprint density at radius 2 is 2.05 bits per heavy atom. The summed E-state index contributed by atoms with van der Waals surface area (Å²) < 4.78 is 11.2. The maximum atomic E-state index is 12.1. The van der Waals surface area contributed by atoms with Crippen LogP contribution in [0.15, 0.2) is 24.3 Å². The number of rotatable bonds is 1. The third-order valence-electron chi connectivity index (χ3n) is 3.85. The molecule has 0 spiro atoms. The lowest BCUT2D eigenvalue weighted by Gasteiger charge is -2.63. The molecule has 5 heteroatoms. The highest BCUT2D eigenvalue weighted by molar-refractivity contribution is 5.71. The fourth-order valence-electron chi connectivity index (χ4n) is 2.75. The number of benzene rings is 1. The Labute approximate surface area is 118 Å². The van der Waals surface area contributed by atoms with E-state index in [4.69, 9.17) is 15.2 Å². The van der Waals surface area contributed by atoms with E-state index in [1.807, 2.05) is 45.0 Å². The molecule has 2 N–H and O–H groups in total. The van der Waals surface area contributed by atoms with E-state index < -0.39 is 5.60 Å². The predicted molar refractivity (Wildman–Crippen MR) is 75.2 cm³/mol. The van der Waals surface area contributed by atoms with E-state index in [-0.39, 0.29) is 17.7 Å². The van der Waals surface area contributed by atoms with Crippen LogP contribution >= 0.6 is 0 Å². The number of ether oxygens (including phenoxy) is 2. The molecule has 0 saturated carbocycles. The molecule has 0 aromatic heterocycles. The molecule has 2 aliphatic heterocycles. The Kier molecular flexibility index (Phi) is 2.73. The first-order valence-electron chi connectivity index (χ1n) is 6.81. The molecule has 2 atom stereocenters. The molecule has 20 heavy (non-hydrogen) atoms. The van der Waals surface area contributed by atoms with Gasteiger partial charge in [-0.3, -0.25) is 4.90 Å². The minimum atomic E-state index is -0.471. The van der Waals surface area contributed by atoms with Gasteiger partial charge in [0.2, 0.25) is 0 Å². The Balaban J connectivity index is 1.72. The number of carbonyl (C=O) groups is 1. The Hall–Kier alpha value is -1.75. The number of amides is 1. The molecule has 2 aliphatic rings. The average molecular weight is 276 g/mol. The monoisotopic (exact) mass is 276 g/mol. The number of morpholine rings is 1. The van der Waals surface area contributed by atoms with Gasteiger partial charge in [-0.2, -0.15) is 0 Å². The molecule has 1 aromatic rings. The van der Waals surface area contributed by atoms with Crippen LogP contribution in [0.1, 0.15) is 26.3 Å². The standard InChI is InChI=1S/C15H20N2O3/c1-14(2,3)20-13(18)17-9-15(12(17)8-19-15)10-4-6-11(16)7-5-10/h4-7,12H,8-9,16H2,1-3H3/t12?,15-/m0/s1. The van der Waals surface area contributed by atoms with Crippen LogP contribution in [0, 0.1) is 0 Å². The van der Waals surface area contributed by atoms with Gasteiger partial charge in [-0.05, 0) is 38.5 Å². The number of hydrogen-bond acceptors (Lipinski definition) is 4. The first-order valence-corrected chi connectivity index (χ1v) is 6.81. The maximum Gasteiger partial charge on any atom is 0.410 e. The van der Waals surface area contributed by atoms with Crippen molar-refractivity contribution in [3.63, 3.8) is 0 Å². The van der Waals surface area contributed by atoms with Crippen LogP contribution in [0.3, 0.4) is 0 Å². The molecular formula is C15H20N2O3. The third-order valence-corrected chi connectivity index (χ3v) is 3.85. The molecule has 2 saturated heterocycles. The van der Waals surface area contributed by atoms with Gasteiger partial charge >= 0.3 is 6.09 Å². The van der Waals surface area contributed by atoms with Crippen LogP contribution in [-0.2, 0) is 15.1 Å². The van der Waals surface area contributed by atoms with E-state index in [1.165, 1.54) is 0 Å². The molecular weight excluding hydrogens is 256 g/mol. The summed E-state index contributed by atoms with van der Waals surface area (Å²) in [4.78, 5) is 13.8. The minimum Gasteiger partial charge on any atom is -0.444 e. The molecule has 1 unspecified atom stereocenters. The van der Waals surface area contributed by atoms with Crippen LogP contribution in [0.5, 0.6) is 0 Å². The van der Waals surface area contributed by atoms with E-state index in [0.717, 1.165) is 11.3 Å². The fourth-order valence-corrected chi connectivity index (χ4v) is 2.75. The highest BCUT2D eigenvalue weighted by atomic mass is 16.6. The van der Waals surface area contributed by atoms with E-state index in [9.17, 15) is 4.79 Å². The molecule has 0 aliphatic carbocycles. The quantitative estimate of drug-likeness (QED) is 0.798. The van der Waals surface area contributed by atoms with Gasteiger partial charge in [-0.15, -0.1) is 0 Å². The first-order chi connectivity index (χ1) is 9.32. The molecule has 3 rings (SSSR count). The lowest BCUT2D eigenvalue weighted by molar-refractivity contribution is -0.289. The van der Waals surface area contributed by atoms with Crippen molar-refractivity contribution in [3.05, 3.63) is 29.8 Å². The van der Waals surface area contributed by atoms with Gasteiger partial charge in [-0.25, -0.2) is 4.79 Å². The van der Waals surface area contributed by atoms with Crippen LogP contribution in [0.2, 0.25) is 0 Å². The molecule has 2 heterocycles. The number of fused-ring (bicyclic) bond motifs is 1. The summed E-state index contributed by atoms with van der Waals surface area (Å²) in [6, 6.07) is 7.72. The Bertz CT molecular complexity index is 535. The van der Waals surface area contributed by atoms with E-state index in [1.54, 1.807) is 4.90 Å². The van der Waals surface area contributed by atoms with Gasteiger partial charge in [0.15, 0.2) is 0 Å². The number of nitrogen functional groups attached to an aromatic ring is 1. The smallest absolute Gasteiger partial charge is 0.410 e. The highest BCUT2D eigenvalue weighted by Gasteiger charge is 2.64. The summed E-state index contributed by atoms with van der Waals surface area (Å²) in [7, 11) is 0. The van der Waals surface area contributed by atoms with Gasteiger partial charge < -0.3 is 15.2 Å². The van der Waals surface area contributed by atoms with Gasteiger partial charge in [0, 0.05) is 5.69 Å². The van der Waals surface area contributed by atoms with Crippen molar-refractivity contribution in [2.45, 2.75) is 38.0 Å². The van der Waals surface area contributed by atoms with E-state index >= 15 is 0 Å². The zero-order valence-corrected chi connectivity index (χ0v) is 12.1. The number of nitrogens with two attached hydrogens (primary N) is 1. The zero-order valence-electron chi connectivity index (χ0n) is 12.1. The molecule has 0 bridgehead atoms. The van der Waals surface area contributed by atoms with Crippen molar-refractivity contribution < 1.29 is 14.3 Å². The predicted octanol–water partition coefficient (Wildman–Crippen LogP) is 2.11. The van der Waals surface area contributed by atoms with Crippen LogP contribution in [0.25, 0.3) is 0 Å². The van der Waals surface area contributed by atoms with Crippen molar-refractivity contribution in [1.29, 1.82) is 0 Å². The highest BCUT2D eigenvalue weighted by Crippen LogP contribution is 2.49. The largest absolute Gasteiger partial charge is 0.444 e. The van der Waals surface area contributed by atoms with Gasteiger partial charge in [0.25, 0.3) is 0 Å². The van der Waals surface area contributed by atoms with Crippen LogP contribution in [0.4, 0.5) is 10.5 Å². The van der Waals surface area contributed by atoms with Gasteiger partial charge in [-0.1, -0.05) is 12.1 Å². The molecule has 108 valence electrons. The summed E-state index contributed by atoms with van der Waals surface area (Å²) in [5, 5.41) is 0. The van der Waals surface area contributed by atoms with Crippen molar-refractivity contribution in [3.8, 4) is 0 Å². The van der Waals surface area contributed by atoms with Gasteiger partial charge in [0.05, 0.1) is 19.2 Å². The lowest BCUT2D eigenvalue weighted by atomic mass is 9.74. The average Bonchev–Trinajstić information content (AvgIpc) is 2.32. The number of carbonyl (C=O) groups excluding carboxylic acids is 1. The molecule has 1 amide bonds. The summed E-state index contributed by atoms with van der Waals surface area (Å²) in [6.07, 6.45) is -0.267. The molecule has 1 aromatic carbocycles.